The molecule has 0 saturated carbocycles. The summed E-state index contributed by atoms with van der Waals surface area (Å²) in [6, 6.07) is 11.6. The van der Waals surface area contributed by atoms with Crippen LogP contribution in [-0.4, -0.2) is 31.2 Å². The van der Waals surface area contributed by atoms with Crippen molar-refractivity contribution in [3.63, 3.8) is 0 Å². The van der Waals surface area contributed by atoms with Gasteiger partial charge in [0.05, 0.1) is 33.3 Å². The number of hydrogen-bond acceptors (Lipinski definition) is 5. The molecule has 0 bridgehead atoms. The summed E-state index contributed by atoms with van der Waals surface area (Å²) in [7, 11) is 1.99. The molecule has 27 heavy (non-hydrogen) atoms. The van der Waals surface area contributed by atoms with Crippen LogP contribution in [0.2, 0.25) is 5.02 Å². The van der Waals surface area contributed by atoms with Gasteiger partial charge in [0.25, 0.3) is 0 Å². The van der Waals surface area contributed by atoms with Crippen molar-refractivity contribution in [1.82, 2.24) is 10.3 Å². The van der Waals surface area contributed by atoms with Gasteiger partial charge in [-0.2, -0.15) is 0 Å². The zero-order valence-electron chi connectivity index (χ0n) is 14.9. The minimum Gasteiger partial charge on any atom is -0.368 e. The van der Waals surface area contributed by atoms with Crippen LogP contribution in [0.1, 0.15) is 6.42 Å². The number of benzene rings is 2. The molecule has 140 valence electrons. The Balaban J connectivity index is 1.63. The molecule has 2 aromatic carbocycles. The lowest BCUT2D eigenvalue weighted by atomic mass is 10.1. The van der Waals surface area contributed by atoms with E-state index < -0.39 is 0 Å². The molecular weight excluding hydrogens is 383 g/mol. The third kappa shape index (κ3) is 3.78. The summed E-state index contributed by atoms with van der Waals surface area (Å²) >= 11 is 7.88. The van der Waals surface area contributed by atoms with E-state index in [-0.39, 0.29) is 5.82 Å². The highest BCUT2D eigenvalue weighted by Crippen LogP contribution is 2.36. The van der Waals surface area contributed by atoms with Gasteiger partial charge in [-0.25, -0.2) is 9.37 Å². The van der Waals surface area contributed by atoms with Crippen molar-refractivity contribution in [3.05, 3.63) is 58.1 Å². The van der Waals surface area contributed by atoms with E-state index in [1.54, 1.807) is 11.6 Å². The van der Waals surface area contributed by atoms with E-state index in [0.29, 0.717) is 28.0 Å². The SMILES string of the molecule is CNC1CCN(c2ccccc2Nc2cc(F)c(-c3cscn3)cc2Cl)C1. The summed E-state index contributed by atoms with van der Waals surface area (Å²) < 4.78 is 14.6. The van der Waals surface area contributed by atoms with Crippen molar-refractivity contribution in [1.29, 1.82) is 0 Å². The number of para-hydroxylation sites is 2. The van der Waals surface area contributed by atoms with Gasteiger partial charge in [0.15, 0.2) is 0 Å². The lowest BCUT2D eigenvalue weighted by molar-refractivity contribution is 0.617. The molecule has 0 radical (unpaired) electrons. The van der Waals surface area contributed by atoms with Crippen molar-refractivity contribution in [2.75, 3.05) is 30.4 Å². The average molecular weight is 403 g/mol. The molecule has 1 atom stereocenters. The highest BCUT2D eigenvalue weighted by atomic mass is 35.5. The summed E-state index contributed by atoms with van der Waals surface area (Å²) in [5.41, 5.74) is 5.25. The highest BCUT2D eigenvalue weighted by Gasteiger charge is 2.23. The van der Waals surface area contributed by atoms with E-state index in [1.807, 2.05) is 30.6 Å². The van der Waals surface area contributed by atoms with Gasteiger partial charge in [-0.05, 0) is 37.7 Å². The molecule has 1 fully saturated rings. The molecule has 1 aliphatic heterocycles. The van der Waals surface area contributed by atoms with Gasteiger partial charge < -0.3 is 15.5 Å². The Morgan fingerprint density at radius 2 is 2.11 bits per heavy atom. The van der Waals surface area contributed by atoms with Crippen molar-refractivity contribution in [2.45, 2.75) is 12.5 Å². The number of hydrogen-bond donors (Lipinski definition) is 2. The summed E-state index contributed by atoms with van der Waals surface area (Å²) in [6.07, 6.45) is 1.10. The zero-order valence-corrected chi connectivity index (χ0v) is 16.4. The van der Waals surface area contributed by atoms with Crippen LogP contribution >= 0.6 is 22.9 Å². The molecule has 2 heterocycles. The lowest BCUT2D eigenvalue weighted by Gasteiger charge is -2.23. The second kappa shape index (κ2) is 7.84. The average Bonchev–Trinajstić information content (AvgIpc) is 3.36. The molecule has 1 aromatic heterocycles. The van der Waals surface area contributed by atoms with Gasteiger partial charge >= 0.3 is 0 Å². The molecule has 0 amide bonds. The molecule has 0 spiro atoms. The first-order chi connectivity index (χ1) is 13.2. The Morgan fingerprint density at radius 3 is 2.85 bits per heavy atom. The number of anilines is 3. The van der Waals surface area contributed by atoms with E-state index >= 15 is 0 Å². The first kappa shape index (κ1) is 18.2. The van der Waals surface area contributed by atoms with Gasteiger partial charge in [-0.15, -0.1) is 11.3 Å². The minimum atomic E-state index is -0.346. The maximum Gasteiger partial charge on any atom is 0.134 e. The fraction of sp³-hybridized carbons (Fsp3) is 0.250. The second-order valence-electron chi connectivity index (χ2n) is 6.55. The van der Waals surface area contributed by atoms with Crippen LogP contribution in [0.5, 0.6) is 0 Å². The van der Waals surface area contributed by atoms with Gasteiger partial charge in [0.1, 0.15) is 5.82 Å². The van der Waals surface area contributed by atoms with Crippen LogP contribution in [0.4, 0.5) is 21.5 Å². The number of nitrogens with one attached hydrogen (secondary N) is 2. The third-order valence-electron chi connectivity index (χ3n) is 4.88. The predicted molar refractivity (Wildman–Crippen MR) is 112 cm³/mol. The number of thiazole rings is 1. The summed E-state index contributed by atoms with van der Waals surface area (Å²) in [5.74, 6) is -0.346. The van der Waals surface area contributed by atoms with Crippen LogP contribution in [0.3, 0.4) is 0 Å². The molecule has 3 aromatic rings. The van der Waals surface area contributed by atoms with Crippen LogP contribution in [0.25, 0.3) is 11.3 Å². The van der Waals surface area contributed by atoms with Gasteiger partial charge in [-0.1, -0.05) is 23.7 Å². The van der Waals surface area contributed by atoms with E-state index in [4.69, 9.17) is 11.6 Å². The standard InChI is InChI=1S/C20H20ClFN4S/c1-23-13-6-7-26(10-13)20-5-3-2-4-17(20)25-18-9-16(22)14(8-15(18)21)19-11-27-12-24-19/h2-5,8-9,11-13,23,25H,6-7,10H2,1H3. The van der Waals surface area contributed by atoms with Crippen LogP contribution in [-0.2, 0) is 0 Å². The minimum absolute atomic E-state index is 0.346. The van der Waals surface area contributed by atoms with E-state index in [9.17, 15) is 4.39 Å². The van der Waals surface area contributed by atoms with Gasteiger partial charge in [0, 0.05) is 30.1 Å². The maximum atomic E-state index is 14.6. The Morgan fingerprint density at radius 1 is 1.26 bits per heavy atom. The number of rotatable bonds is 5. The first-order valence-electron chi connectivity index (χ1n) is 8.81. The number of aromatic nitrogens is 1. The van der Waals surface area contributed by atoms with Crippen LogP contribution in [0.15, 0.2) is 47.3 Å². The third-order valence-corrected chi connectivity index (χ3v) is 5.77. The maximum absolute atomic E-state index is 14.6. The van der Waals surface area contributed by atoms with Crippen LogP contribution in [0, 0.1) is 5.82 Å². The largest absolute Gasteiger partial charge is 0.368 e. The van der Waals surface area contributed by atoms with E-state index in [1.165, 1.54) is 17.4 Å². The topological polar surface area (TPSA) is 40.2 Å². The molecule has 7 heteroatoms. The Hall–Kier alpha value is -2.15. The van der Waals surface area contributed by atoms with Gasteiger partial charge in [0.2, 0.25) is 0 Å². The van der Waals surface area contributed by atoms with Crippen molar-refractivity contribution >= 4 is 40.0 Å². The molecule has 1 aliphatic rings. The highest BCUT2D eigenvalue weighted by molar-refractivity contribution is 7.07. The summed E-state index contributed by atoms with van der Waals surface area (Å²) in [5, 5.41) is 8.91. The van der Waals surface area contributed by atoms with E-state index in [2.05, 4.69) is 26.6 Å². The Kier molecular flexibility index (Phi) is 5.29. The smallest absolute Gasteiger partial charge is 0.134 e. The van der Waals surface area contributed by atoms with Crippen molar-refractivity contribution in [3.8, 4) is 11.3 Å². The normalized spacial score (nSPS) is 16.7. The molecule has 0 aliphatic carbocycles. The van der Waals surface area contributed by atoms with Crippen LogP contribution < -0.4 is 15.5 Å². The molecule has 1 saturated heterocycles. The lowest BCUT2D eigenvalue weighted by Crippen LogP contribution is -2.29. The number of likely N-dealkylation sites (N-methyl/N-ethyl adjacent to an activating group) is 1. The molecule has 4 rings (SSSR count). The fourth-order valence-electron chi connectivity index (χ4n) is 3.40. The zero-order chi connectivity index (χ0) is 18.8. The number of halogens is 2. The Labute approximate surface area is 167 Å². The fourth-order valence-corrected chi connectivity index (χ4v) is 4.16. The predicted octanol–water partition coefficient (Wildman–Crippen LogP) is 5.14. The molecule has 2 N–H and O–H groups in total. The number of nitrogens with zero attached hydrogens (tertiary/aromatic N) is 2. The van der Waals surface area contributed by atoms with Gasteiger partial charge in [-0.3, -0.25) is 0 Å². The monoisotopic (exact) mass is 402 g/mol. The summed E-state index contributed by atoms with van der Waals surface area (Å²) in [6.45, 7) is 1.93. The summed E-state index contributed by atoms with van der Waals surface area (Å²) in [4.78, 5) is 6.50. The first-order valence-corrected chi connectivity index (χ1v) is 10.1. The second-order valence-corrected chi connectivity index (χ2v) is 7.67. The molecule has 1 unspecified atom stereocenters. The van der Waals surface area contributed by atoms with Crippen molar-refractivity contribution in [2.24, 2.45) is 0 Å². The molecular formula is C20H20ClFN4S. The quantitative estimate of drug-likeness (QED) is 0.619. The van der Waals surface area contributed by atoms with Crippen molar-refractivity contribution < 1.29 is 4.39 Å². The Bertz CT molecular complexity index is 932. The van der Waals surface area contributed by atoms with E-state index in [0.717, 1.165) is 30.9 Å². The molecule has 4 nitrogen and oxygen atoms in total.